The van der Waals surface area contributed by atoms with Crippen LogP contribution in [0.25, 0.3) is 21.7 Å². The van der Waals surface area contributed by atoms with E-state index in [4.69, 9.17) is 5.73 Å². The molecule has 2 aromatic carbocycles. The van der Waals surface area contributed by atoms with Gasteiger partial charge >= 0.3 is 0 Å². The van der Waals surface area contributed by atoms with Crippen LogP contribution in [0.2, 0.25) is 0 Å². The highest BCUT2D eigenvalue weighted by Crippen LogP contribution is 2.33. The number of pyridine rings is 1. The van der Waals surface area contributed by atoms with E-state index >= 15 is 0 Å². The number of β-amino-alcohol motifs (C(OH)–C–C–N with tert-alkyl or cyclic N) is 1. The van der Waals surface area contributed by atoms with E-state index in [0.717, 1.165) is 21.7 Å². The number of anilines is 3. The average molecular weight is 819 g/mol. The van der Waals surface area contributed by atoms with Crippen LogP contribution in [0.15, 0.2) is 78.4 Å². The molecular formula is C43H50N10O5S. The summed E-state index contributed by atoms with van der Waals surface area (Å²) in [5.74, 6) is -0.287. The van der Waals surface area contributed by atoms with Crippen LogP contribution in [0.1, 0.15) is 61.8 Å². The van der Waals surface area contributed by atoms with Crippen molar-refractivity contribution in [2.45, 2.75) is 65.3 Å². The van der Waals surface area contributed by atoms with Gasteiger partial charge in [0.25, 0.3) is 5.91 Å². The van der Waals surface area contributed by atoms with Crippen molar-refractivity contribution in [3.05, 3.63) is 95.3 Å². The van der Waals surface area contributed by atoms with Crippen molar-refractivity contribution in [1.29, 1.82) is 0 Å². The number of carbonyl (C=O) groups is 3. The van der Waals surface area contributed by atoms with Crippen molar-refractivity contribution in [2.24, 2.45) is 5.41 Å². The van der Waals surface area contributed by atoms with Gasteiger partial charge in [-0.3, -0.25) is 14.4 Å². The highest BCUT2D eigenvalue weighted by atomic mass is 32.1. The molecule has 16 heteroatoms. The quantitative estimate of drug-likeness (QED) is 0.132. The van der Waals surface area contributed by atoms with Crippen LogP contribution in [-0.4, -0.2) is 104 Å². The van der Waals surface area contributed by atoms with Crippen molar-refractivity contribution in [2.75, 3.05) is 48.3 Å². The number of benzene rings is 2. The van der Waals surface area contributed by atoms with Crippen LogP contribution >= 0.6 is 11.3 Å². The van der Waals surface area contributed by atoms with Crippen molar-refractivity contribution >= 4 is 46.4 Å². The van der Waals surface area contributed by atoms with Crippen LogP contribution in [0.4, 0.5) is 17.3 Å². The maximum absolute atomic E-state index is 14.3. The number of carbonyl (C=O) groups excluding carboxylic acids is 3. The lowest BCUT2D eigenvalue weighted by Gasteiger charge is -2.37. The summed E-state index contributed by atoms with van der Waals surface area (Å²) in [6, 6.07) is 17.7. The number of aromatic nitrogens is 4. The number of aliphatic hydroxyl groups is 1. The summed E-state index contributed by atoms with van der Waals surface area (Å²) in [6.07, 6.45) is 0.763. The third-order valence-corrected chi connectivity index (χ3v) is 11.9. The SMILES string of the molecule is Cc1ncsc1-c1ccc(C(C)NC(=O)[C@@H]2C[C@@H](O)CN2C(=O)C(NC(=O)c2ccnc(N3CCN(c4cc(-c5ccccc5O)nnc4N)CC3)c2)C(C)(C)C)cc1. The number of rotatable bonds is 10. The molecule has 6 N–H and O–H groups in total. The molecule has 3 aromatic heterocycles. The zero-order chi connectivity index (χ0) is 42.0. The first-order valence-corrected chi connectivity index (χ1v) is 20.5. The van der Waals surface area contributed by atoms with Crippen molar-refractivity contribution in [1.82, 2.24) is 35.7 Å². The van der Waals surface area contributed by atoms with Gasteiger partial charge < -0.3 is 41.3 Å². The highest BCUT2D eigenvalue weighted by molar-refractivity contribution is 7.13. The number of para-hydroxylation sites is 1. The maximum Gasteiger partial charge on any atom is 0.252 e. The molecule has 15 nitrogen and oxygen atoms in total. The number of aryl methyl sites for hydroxylation is 1. The molecule has 2 aliphatic rings. The Morgan fingerprint density at radius 1 is 0.932 bits per heavy atom. The van der Waals surface area contributed by atoms with Gasteiger partial charge in [-0.1, -0.05) is 57.2 Å². The summed E-state index contributed by atoms with van der Waals surface area (Å²) in [4.78, 5) is 57.5. The normalized spacial score (nSPS) is 18.0. The first kappa shape index (κ1) is 41.0. The van der Waals surface area contributed by atoms with Gasteiger partial charge in [0.2, 0.25) is 11.8 Å². The number of likely N-dealkylation sites (tertiary alicyclic amines) is 1. The first-order valence-electron chi connectivity index (χ1n) is 19.7. The number of nitrogens with one attached hydrogen (secondary N) is 2. The fourth-order valence-electron chi connectivity index (χ4n) is 7.61. The number of hydrogen-bond donors (Lipinski definition) is 5. The van der Waals surface area contributed by atoms with E-state index < -0.39 is 35.4 Å². The van der Waals surface area contributed by atoms with Crippen LogP contribution in [0.3, 0.4) is 0 Å². The van der Waals surface area contributed by atoms with Gasteiger partial charge in [-0.25, -0.2) is 9.97 Å². The lowest BCUT2D eigenvalue weighted by molar-refractivity contribution is -0.142. The molecular weight excluding hydrogens is 769 g/mol. The molecule has 3 amide bonds. The van der Waals surface area contributed by atoms with Crippen molar-refractivity contribution in [3.63, 3.8) is 0 Å². The highest BCUT2D eigenvalue weighted by Gasteiger charge is 2.45. The molecule has 0 bridgehead atoms. The second-order valence-electron chi connectivity index (χ2n) is 16.2. The van der Waals surface area contributed by atoms with Gasteiger partial charge in [0.1, 0.15) is 23.7 Å². The van der Waals surface area contributed by atoms with E-state index in [1.54, 1.807) is 47.9 Å². The molecule has 2 aliphatic heterocycles. The Balaban J connectivity index is 0.996. The fraction of sp³-hybridized carbons (Fsp3) is 0.372. The number of phenolic OH excluding ortho intramolecular Hbond substituents is 1. The monoisotopic (exact) mass is 818 g/mol. The van der Waals surface area contributed by atoms with E-state index in [9.17, 15) is 24.6 Å². The average Bonchev–Trinajstić information content (AvgIpc) is 3.85. The predicted octanol–water partition coefficient (Wildman–Crippen LogP) is 4.57. The Labute approximate surface area is 347 Å². The van der Waals surface area contributed by atoms with Gasteiger partial charge in [0, 0.05) is 56.5 Å². The first-order chi connectivity index (χ1) is 28.2. The van der Waals surface area contributed by atoms with Gasteiger partial charge in [-0.2, -0.15) is 0 Å². The number of nitrogens with zero attached hydrogens (tertiary/aromatic N) is 7. The van der Waals surface area contributed by atoms with E-state index in [1.807, 2.05) is 76.5 Å². The molecule has 2 saturated heterocycles. The number of aromatic hydroxyl groups is 1. The van der Waals surface area contributed by atoms with Gasteiger partial charge in [0.15, 0.2) is 5.82 Å². The topological polar surface area (TPSA) is 203 Å². The van der Waals surface area contributed by atoms with Gasteiger partial charge in [-0.15, -0.1) is 21.5 Å². The minimum Gasteiger partial charge on any atom is -0.507 e. The van der Waals surface area contributed by atoms with Gasteiger partial charge in [0.05, 0.1) is 39.6 Å². The second kappa shape index (κ2) is 17.0. The second-order valence-corrected chi connectivity index (χ2v) is 17.0. The van der Waals surface area contributed by atoms with Crippen LogP contribution in [0, 0.1) is 12.3 Å². The minimum absolute atomic E-state index is 0.0285. The Hall–Kier alpha value is -6.13. The molecule has 2 unspecified atom stereocenters. The smallest absolute Gasteiger partial charge is 0.252 e. The summed E-state index contributed by atoms with van der Waals surface area (Å²) in [6.45, 7) is 11.7. The molecule has 0 saturated carbocycles. The number of nitrogens with two attached hydrogens (primary N) is 1. The van der Waals surface area contributed by atoms with Crippen LogP contribution < -0.4 is 26.2 Å². The summed E-state index contributed by atoms with van der Waals surface area (Å²) in [7, 11) is 0. The third kappa shape index (κ3) is 8.98. The van der Waals surface area contributed by atoms with Crippen molar-refractivity contribution in [3.8, 4) is 27.4 Å². The largest absolute Gasteiger partial charge is 0.507 e. The lowest BCUT2D eigenvalue weighted by Crippen LogP contribution is -2.57. The molecule has 7 rings (SSSR count). The number of amides is 3. The molecule has 0 radical (unpaired) electrons. The zero-order valence-corrected chi connectivity index (χ0v) is 34.6. The molecule has 2 fully saturated rings. The van der Waals surface area contributed by atoms with Gasteiger partial charge in [-0.05, 0) is 60.7 Å². The number of hydrogen-bond acceptors (Lipinski definition) is 13. The summed E-state index contributed by atoms with van der Waals surface area (Å²) in [5, 5.41) is 35.4. The number of aliphatic hydroxyl groups excluding tert-OH is 1. The minimum atomic E-state index is -1.00. The number of nitrogen functional groups attached to an aromatic ring is 1. The Morgan fingerprint density at radius 2 is 1.64 bits per heavy atom. The van der Waals surface area contributed by atoms with Crippen molar-refractivity contribution < 1.29 is 24.6 Å². The summed E-state index contributed by atoms with van der Waals surface area (Å²) < 4.78 is 0. The lowest BCUT2D eigenvalue weighted by atomic mass is 9.85. The molecule has 5 aromatic rings. The summed E-state index contributed by atoms with van der Waals surface area (Å²) in [5.41, 5.74) is 12.3. The zero-order valence-electron chi connectivity index (χ0n) is 33.8. The third-order valence-electron chi connectivity index (χ3n) is 11.0. The summed E-state index contributed by atoms with van der Waals surface area (Å²) >= 11 is 1.57. The Morgan fingerprint density at radius 3 is 2.32 bits per heavy atom. The number of thiazole rings is 1. The predicted molar refractivity (Wildman–Crippen MR) is 228 cm³/mol. The molecule has 59 heavy (non-hydrogen) atoms. The maximum atomic E-state index is 14.3. The molecule has 0 aliphatic carbocycles. The Bertz CT molecular complexity index is 2320. The van der Waals surface area contributed by atoms with Crippen LogP contribution in [-0.2, 0) is 9.59 Å². The van der Waals surface area contributed by atoms with E-state index in [2.05, 4.69) is 40.6 Å². The molecule has 5 heterocycles. The van der Waals surface area contributed by atoms with E-state index in [-0.39, 0.29) is 36.5 Å². The van der Waals surface area contributed by atoms with E-state index in [1.165, 1.54) is 4.90 Å². The molecule has 308 valence electrons. The standard InChI is InChI=1S/C43H50N10O5S/c1-25(27-10-12-28(13-11-27)37-26(2)46-24-59-37)47-41(57)34-21-30(54)23-53(34)42(58)38(43(3,4)5)48-40(56)29-14-15-45-36(20-29)52-18-16-51(17-19-52)33-22-32(49-50-39(33)44)31-8-6-7-9-35(31)55/h6-15,20,22,24-25,30,34,38,54-55H,16-19,21,23H2,1-5H3,(H2,44,50)(H,47,57)(H,48,56)/t25?,30-,34+,38?/m1/s1. The number of piperazine rings is 1. The van der Waals surface area contributed by atoms with E-state index in [0.29, 0.717) is 54.5 Å². The molecule has 0 spiro atoms. The fourth-order valence-corrected chi connectivity index (χ4v) is 8.42. The molecule has 4 atom stereocenters. The van der Waals surface area contributed by atoms with Crippen LogP contribution in [0.5, 0.6) is 5.75 Å². The Kier molecular flexibility index (Phi) is 11.8. The number of phenols is 1.